The van der Waals surface area contributed by atoms with Crippen LogP contribution >= 0.6 is 0 Å². The molecule has 6 nitrogen and oxygen atoms in total. The maximum absolute atomic E-state index is 12.8. The van der Waals surface area contributed by atoms with E-state index in [1.165, 1.54) is 103 Å². The van der Waals surface area contributed by atoms with Crippen LogP contribution in [0.5, 0.6) is 0 Å². The highest BCUT2D eigenvalue weighted by Crippen LogP contribution is 2.15. The molecule has 0 aliphatic rings. The molecule has 66 heavy (non-hydrogen) atoms. The van der Waals surface area contributed by atoms with Gasteiger partial charge in [-0.3, -0.25) is 14.4 Å². The lowest BCUT2D eigenvalue weighted by Gasteiger charge is -2.18. The molecule has 1 atom stereocenters. The number of hydrogen-bond donors (Lipinski definition) is 0. The zero-order chi connectivity index (χ0) is 47.9. The fourth-order valence-corrected chi connectivity index (χ4v) is 7.57. The number of unbranched alkanes of at least 4 members (excludes halogenated alkanes) is 26. The van der Waals surface area contributed by atoms with Crippen LogP contribution in [-0.2, 0) is 28.6 Å². The van der Waals surface area contributed by atoms with Crippen LogP contribution in [-0.4, -0.2) is 37.2 Å². The summed E-state index contributed by atoms with van der Waals surface area (Å²) in [4.78, 5) is 38.1. The van der Waals surface area contributed by atoms with E-state index in [1.54, 1.807) is 0 Å². The molecule has 0 aliphatic carbocycles. The maximum atomic E-state index is 12.8. The van der Waals surface area contributed by atoms with E-state index in [9.17, 15) is 14.4 Å². The number of carbonyl (C=O) groups is 3. The Morgan fingerprint density at radius 1 is 0.333 bits per heavy atom. The van der Waals surface area contributed by atoms with Gasteiger partial charge >= 0.3 is 17.9 Å². The molecule has 0 aromatic rings. The molecule has 0 fully saturated rings. The quantitative estimate of drug-likeness (QED) is 0.0199. The van der Waals surface area contributed by atoms with Gasteiger partial charge in [-0.25, -0.2) is 0 Å². The van der Waals surface area contributed by atoms with Crippen molar-refractivity contribution in [2.45, 2.75) is 264 Å². The highest BCUT2D eigenvalue weighted by molar-refractivity contribution is 5.71. The van der Waals surface area contributed by atoms with E-state index in [1.807, 2.05) is 0 Å². The predicted molar refractivity (Wildman–Crippen MR) is 284 cm³/mol. The Hall–Kier alpha value is -3.41. The molecule has 0 heterocycles. The average Bonchev–Trinajstić information content (AvgIpc) is 3.31. The zero-order valence-electron chi connectivity index (χ0n) is 43.2. The molecule has 1 unspecified atom stereocenters. The Bertz CT molecular complexity index is 1290. The topological polar surface area (TPSA) is 78.9 Å². The van der Waals surface area contributed by atoms with E-state index >= 15 is 0 Å². The SMILES string of the molecule is CC/C=C/C=C/C=C/CCCCCCCC(=O)OCC(COC(=O)CCCCCCCCC/C=C/CCCCCCCCCC)OC(=O)CCCCCCCC/C=C/C/C=C/C/C=C/CC. The third kappa shape index (κ3) is 51.6. The summed E-state index contributed by atoms with van der Waals surface area (Å²) in [6, 6.07) is 0. The molecule has 0 aromatic heterocycles. The lowest BCUT2D eigenvalue weighted by molar-refractivity contribution is -0.167. The molecule has 0 radical (unpaired) electrons. The average molecular weight is 919 g/mol. The van der Waals surface area contributed by atoms with Gasteiger partial charge < -0.3 is 14.2 Å². The summed E-state index contributed by atoms with van der Waals surface area (Å²) < 4.78 is 16.8. The van der Waals surface area contributed by atoms with Crippen LogP contribution in [0.3, 0.4) is 0 Å². The van der Waals surface area contributed by atoms with Gasteiger partial charge in [0.15, 0.2) is 6.10 Å². The molecule has 378 valence electrons. The van der Waals surface area contributed by atoms with Crippen LogP contribution in [0, 0.1) is 0 Å². The second-order valence-corrected chi connectivity index (χ2v) is 18.1. The van der Waals surface area contributed by atoms with Crippen molar-refractivity contribution in [2.75, 3.05) is 13.2 Å². The van der Waals surface area contributed by atoms with Crippen molar-refractivity contribution in [1.29, 1.82) is 0 Å². The molecule has 0 aromatic carbocycles. The van der Waals surface area contributed by atoms with Gasteiger partial charge in [0.2, 0.25) is 0 Å². The van der Waals surface area contributed by atoms with Crippen molar-refractivity contribution in [3.63, 3.8) is 0 Å². The van der Waals surface area contributed by atoms with Crippen molar-refractivity contribution in [1.82, 2.24) is 0 Å². The minimum Gasteiger partial charge on any atom is -0.462 e. The largest absolute Gasteiger partial charge is 0.462 e. The molecular formula is C60H102O6. The Labute approximate surface area is 407 Å². The fraction of sp³-hybridized carbons (Fsp3) is 0.717. The number of allylic oxidation sites excluding steroid dienone is 14. The molecule has 0 amide bonds. The van der Waals surface area contributed by atoms with E-state index in [2.05, 4.69) is 106 Å². The van der Waals surface area contributed by atoms with Crippen LogP contribution in [0.15, 0.2) is 85.1 Å². The molecule has 6 heteroatoms. The van der Waals surface area contributed by atoms with Crippen molar-refractivity contribution in [3.8, 4) is 0 Å². The van der Waals surface area contributed by atoms with Gasteiger partial charge in [0, 0.05) is 19.3 Å². The third-order valence-electron chi connectivity index (χ3n) is 11.7. The molecule has 0 N–H and O–H groups in total. The van der Waals surface area contributed by atoms with E-state index in [0.717, 1.165) is 116 Å². The Kier molecular flexibility index (Phi) is 51.4. The van der Waals surface area contributed by atoms with Gasteiger partial charge in [-0.2, -0.15) is 0 Å². The second kappa shape index (κ2) is 54.2. The highest BCUT2D eigenvalue weighted by Gasteiger charge is 2.19. The van der Waals surface area contributed by atoms with Gasteiger partial charge in [0.05, 0.1) is 0 Å². The number of hydrogen-bond acceptors (Lipinski definition) is 6. The Morgan fingerprint density at radius 3 is 1.11 bits per heavy atom. The lowest BCUT2D eigenvalue weighted by Crippen LogP contribution is -2.30. The summed E-state index contributed by atoms with van der Waals surface area (Å²) in [6.45, 7) is 6.37. The van der Waals surface area contributed by atoms with Gasteiger partial charge in [-0.15, -0.1) is 0 Å². The standard InChI is InChI=1S/C60H102O6/c1-4-7-10-13-16-19-22-25-27-29-30-31-33-35-38-41-44-47-50-53-59(62)65-56-57(55-64-58(61)52-49-46-43-40-37-34-24-21-18-15-12-9-6-3)66-60(63)54-51-48-45-42-39-36-32-28-26-23-20-17-14-11-8-5-2/h8-9,11-12,15,17-18,20-21,24,26,28-30,57H,4-7,10,13-14,16,19,22-23,25,27,31-56H2,1-3H3/b11-8+,12-9+,18-15+,20-17+,24-21+,28-26+,30-29+. The minimum atomic E-state index is -0.794. The first-order valence-electron chi connectivity index (χ1n) is 27.6. The molecule has 0 aliphatic heterocycles. The number of rotatable bonds is 49. The normalized spacial score (nSPS) is 12.7. The summed E-state index contributed by atoms with van der Waals surface area (Å²) in [6.07, 6.45) is 70.0. The maximum Gasteiger partial charge on any atom is 0.306 e. The summed E-state index contributed by atoms with van der Waals surface area (Å²) in [5, 5.41) is 0. The van der Waals surface area contributed by atoms with Crippen LogP contribution < -0.4 is 0 Å². The first-order chi connectivity index (χ1) is 32.5. The zero-order valence-corrected chi connectivity index (χ0v) is 43.2. The Balaban J connectivity index is 4.40. The van der Waals surface area contributed by atoms with Crippen molar-refractivity contribution in [3.05, 3.63) is 85.1 Å². The molecule has 0 rings (SSSR count). The van der Waals surface area contributed by atoms with E-state index in [4.69, 9.17) is 14.2 Å². The van der Waals surface area contributed by atoms with Crippen LogP contribution in [0.4, 0.5) is 0 Å². The fourth-order valence-electron chi connectivity index (χ4n) is 7.57. The summed E-state index contributed by atoms with van der Waals surface area (Å²) in [5.41, 5.74) is 0. The van der Waals surface area contributed by atoms with Gasteiger partial charge in [0.1, 0.15) is 13.2 Å². The number of esters is 3. The predicted octanol–water partition coefficient (Wildman–Crippen LogP) is 18.4. The number of carbonyl (C=O) groups excluding carboxylic acids is 3. The van der Waals surface area contributed by atoms with Crippen LogP contribution in [0.2, 0.25) is 0 Å². The summed E-state index contributed by atoms with van der Waals surface area (Å²) >= 11 is 0. The first-order valence-corrected chi connectivity index (χ1v) is 27.6. The van der Waals surface area contributed by atoms with Crippen molar-refractivity contribution < 1.29 is 28.6 Å². The third-order valence-corrected chi connectivity index (χ3v) is 11.7. The molecule has 0 saturated carbocycles. The number of ether oxygens (including phenoxy) is 3. The molecule has 0 spiro atoms. The monoisotopic (exact) mass is 919 g/mol. The molecular weight excluding hydrogens is 817 g/mol. The van der Waals surface area contributed by atoms with Gasteiger partial charge in [0.25, 0.3) is 0 Å². The second-order valence-electron chi connectivity index (χ2n) is 18.1. The molecule has 0 saturated heterocycles. The van der Waals surface area contributed by atoms with Crippen molar-refractivity contribution in [2.24, 2.45) is 0 Å². The Morgan fingerprint density at radius 2 is 0.667 bits per heavy atom. The summed E-state index contributed by atoms with van der Waals surface area (Å²) in [7, 11) is 0. The summed E-state index contributed by atoms with van der Waals surface area (Å²) in [5.74, 6) is -0.927. The highest BCUT2D eigenvalue weighted by atomic mass is 16.6. The molecule has 0 bridgehead atoms. The van der Waals surface area contributed by atoms with Gasteiger partial charge in [-0.1, -0.05) is 228 Å². The lowest BCUT2D eigenvalue weighted by atomic mass is 10.1. The van der Waals surface area contributed by atoms with Crippen LogP contribution in [0.25, 0.3) is 0 Å². The van der Waals surface area contributed by atoms with E-state index in [-0.39, 0.29) is 31.1 Å². The van der Waals surface area contributed by atoms with Crippen molar-refractivity contribution >= 4 is 17.9 Å². The minimum absolute atomic E-state index is 0.0911. The van der Waals surface area contributed by atoms with E-state index < -0.39 is 6.10 Å². The van der Waals surface area contributed by atoms with E-state index in [0.29, 0.717) is 19.3 Å². The van der Waals surface area contributed by atoms with Crippen LogP contribution in [0.1, 0.15) is 258 Å². The first kappa shape index (κ1) is 62.6. The van der Waals surface area contributed by atoms with Gasteiger partial charge in [-0.05, 0) is 96.3 Å². The smallest absolute Gasteiger partial charge is 0.306 e.